The van der Waals surface area contributed by atoms with E-state index in [1.807, 2.05) is 19.9 Å². The molecule has 0 unspecified atom stereocenters. The van der Waals surface area contributed by atoms with E-state index in [4.69, 9.17) is 0 Å². The van der Waals surface area contributed by atoms with Crippen molar-refractivity contribution in [3.8, 4) is 0 Å². The van der Waals surface area contributed by atoms with Crippen molar-refractivity contribution in [2.45, 2.75) is 45.3 Å². The van der Waals surface area contributed by atoms with Gasteiger partial charge >= 0.3 is 0 Å². The van der Waals surface area contributed by atoms with Gasteiger partial charge in [0.05, 0.1) is 5.75 Å². The number of amides is 1. The average Bonchev–Trinajstić information content (AvgIpc) is 2.91. The molecule has 5 nitrogen and oxygen atoms in total. The SMILES string of the molecule is Cc1cc(C)nc(SCC(=O)NC[C@H]2CCN(C(C)C)C2)n1. The number of aromatic nitrogens is 2. The van der Waals surface area contributed by atoms with Crippen molar-refractivity contribution < 1.29 is 4.79 Å². The molecule has 0 spiro atoms. The summed E-state index contributed by atoms with van der Waals surface area (Å²) in [6.45, 7) is 11.3. The first kappa shape index (κ1) is 17.2. The second-order valence-electron chi connectivity index (χ2n) is 6.27. The van der Waals surface area contributed by atoms with Gasteiger partial charge in [-0.2, -0.15) is 0 Å². The highest BCUT2D eigenvalue weighted by Crippen LogP contribution is 2.18. The fourth-order valence-electron chi connectivity index (χ4n) is 2.70. The third-order valence-electron chi connectivity index (χ3n) is 3.93. The second-order valence-corrected chi connectivity index (χ2v) is 7.21. The predicted octanol–water partition coefficient (Wildman–Crippen LogP) is 2.03. The molecule has 22 heavy (non-hydrogen) atoms. The zero-order chi connectivity index (χ0) is 16.1. The lowest BCUT2D eigenvalue weighted by molar-refractivity contribution is -0.118. The van der Waals surface area contributed by atoms with Crippen molar-refractivity contribution in [1.29, 1.82) is 0 Å². The maximum atomic E-state index is 12.0. The molecule has 1 fully saturated rings. The lowest BCUT2D eigenvalue weighted by atomic mass is 10.1. The van der Waals surface area contributed by atoms with E-state index in [-0.39, 0.29) is 5.91 Å². The van der Waals surface area contributed by atoms with E-state index in [1.165, 1.54) is 18.2 Å². The number of nitrogens with one attached hydrogen (secondary N) is 1. The molecular weight excluding hydrogens is 296 g/mol. The molecule has 0 aliphatic carbocycles. The van der Waals surface area contributed by atoms with Gasteiger partial charge in [-0.05, 0) is 52.6 Å². The van der Waals surface area contributed by atoms with Crippen molar-refractivity contribution in [3.63, 3.8) is 0 Å². The van der Waals surface area contributed by atoms with Crippen LogP contribution in [0.1, 0.15) is 31.7 Å². The smallest absolute Gasteiger partial charge is 0.230 e. The van der Waals surface area contributed by atoms with Crippen LogP contribution in [0.15, 0.2) is 11.2 Å². The summed E-state index contributed by atoms with van der Waals surface area (Å²) in [5.41, 5.74) is 1.88. The first-order valence-corrected chi connectivity index (χ1v) is 8.88. The van der Waals surface area contributed by atoms with Gasteiger partial charge in [0, 0.05) is 30.5 Å². The van der Waals surface area contributed by atoms with Gasteiger partial charge in [0.25, 0.3) is 0 Å². The maximum Gasteiger partial charge on any atom is 0.230 e. The molecule has 0 saturated carbocycles. The van der Waals surface area contributed by atoms with Crippen LogP contribution in [-0.2, 0) is 4.79 Å². The Balaban J connectivity index is 1.70. The third kappa shape index (κ3) is 5.25. The van der Waals surface area contributed by atoms with Gasteiger partial charge in [0.15, 0.2) is 5.16 Å². The highest BCUT2D eigenvalue weighted by atomic mass is 32.2. The summed E-state index contributed by atoms with van der Waals surface area (Å²) in [5, 5.41) is 3.72. The van der Waals surface area contributed by atoms with Crippen molar-refractivity contribution in [2.24, 2.45) is 5.92 Å². The molecule has 0 bridgehead atoms. The summed E-state index contributed by atoms with van der Waals surface area (Å²) in [6.07, 6.45) is 1.17. The number of aryl methyl sites for hydroxylation is 2. The molecule has 2 heterocycles. The van der Waals surface area contributed by atoms with Crippen molar-refractivity contribution in [2.75, 3.05) is 25.4 Å². The second kappa shape index (κ2) is 7.92. The minimum Gasteiger partial charge on any atom is -0.355 e. The van der Waals surface area contributed by atoms with Crippen molar-refractivity contribution >= 4 is 17.7 Å². The van der Waals surface area contributed by atoms with Gasteiger partial charge in [-0.25, -0.2) is 9.97 Å². The number of carbonyl (C=O) groups excluding carboxylic acids is 1. The zero-order valence-corrected chi connectivity index (χ0v) is 14.7. The van der Waals surface area contributed by atoms with Gasteiger partial charge in [-0.3, -0.25) is 4.79 Å². The Bertz CT molecular complexity index is 501. The molecule has 1 aromatic rings. The Morgan fingerprint density at radius 2 is 2.09 bits per heavy atom. The van der Waals surface area contributed by atoms with Crippen LogP contribution in [0, 0.1) is 19.8 Å². The number of hydrogen-bond donors (Lipinski definition) is 1. The van der Waals surface area contributed by atoms with Crippen LogP contribution in [0.5, 0.6) is 0 Å². The molecule has 1 aromatic heterocycles. The number of nitrogens with zero attached hydrogens (tertiary/aromatic N) is 3. The molecule has 122 valence electrons. The highest BCUT2D eigenvalue weighted by molar-refractivity contribution is 7.99. The van der Waals surface area contributed by atoms with Crippen molar-refractivity contribution in [1.82, 2.24) is 20.2 Å². The van der Waals surface area contributed by atoms with Crippen LogP contribution in [0.3, 0.4) is 0 Å². The predicted molar refractivity (Wildman–Crippen MR) is 90.1 cm³/mol. The highest BCUT2D eigenvalue weighted by Gasteiger charge is 2.24. The van der Waals surface area contributed by atoms with Gasteiger partial charge in [-0.1, -0.05) is 11.8 Å². The lowest BCUT2D eigenvalue weighted by Crippen LogP contribution is -2.33. The van der Waals surface area contributed by atoms with Crippen LogP contribution >= 0.6 is 11.8 Å². The molecule has 1 aliphatic rings. The molecule has 1 N–H and O–H groups in total. The number of rotatable bonds is 6. The van der Waals surface area contributed by atoms with Crippen LogP contribution in [0.4, 0.5) is 0 Å². The van der Waals surface area contributed by atoms with Crippen LogP contribution < -0.4 is 5.32 Å². The Labute approximate surface area is 137 Å². The number of likely N-dealkylation sites (tertiary alicyclic amines) is 1. The summed E-state index contributed by atoms with van der Waals surface area (Å²) < 4.78 is 0. The number of thioether (sulfide) groups is 1. The fraction of sp³-hybridized carbons (Fsp3) is 0.688. The third-order valence-corrected chi connectivity index (χ3v) is 4.78. The molecule has 6 heteroatoms. The Kier molecular flexibility index (Phi) is 6.20. The van der Waals surface area contributed by atoms with Gasteiger partial charge < -0.3 is 10.2 Å². The van der Waals surface area contributed by atoms with E-state index in [1.54, 1.807) is 0 Å². The lowest BCUT2D eigenvalue weighted by Gasteiger charge is -2.20. The zero-order valence-electron chi connectivity index (χ0n) is 13.9. The van der Waals surface area contributed by atoms with E-state index < -0.39 is 0 Å². The van der Waals surface area contributed by atoms with E-state index in [2.05, 4.69) is 34.0 Å². The first-order chi connectivity index (χ1) is 10.4. The summed E-state index contributed by atoms with van der Waals surface area (Å²) in [4.78, 5) is 23.1. The molecule has 0 radical (unpaired) electrons. The maximum absolute atomic E-state index is 12.0. The van der Waals surface area contributed by atoms with Crippen LogP contribution in [-0.4, -0.2) is 52.2 Å². The minimum absolute atomic E-state index is 0.0655. The average molecular weight is 322 g/mol. The molecule has 1 atom stereocenters. The van der Waals surface area contributed by atoms with E-state index in [9.17, 15) is 4.79 Å². The topological polar surface area (TPSA) is 58.1 Å². The van der Waals surface area contributed by atoms with E-state index in [0.717, 1.165) is 31.0 Å². The normalized spacial score (nSPS) is 18.9. The Hall–Kier alpha value is -1.14. The fourth-order valence-corrected chi connectivity index (χ4v) is 3.48. The molecule has 0 aromatic carbocycles. The van der Waals surface area contributed by atoms with Gasteiger partial charge in [-0.15, -0.1) is 0 Å². The minimum atomic E-state index is 0.0655. The molecule has 1 saturated heterocycles. The van der Waals surface area contributed by atoms with E-state index >= 15 is 0 Å². The molecule has 1 aliphatic heterocycles. The Morgan fingerprint density at radius 1 is 1.41 bits per heavy atom. The van der Waals surface area contributed by atoms with Crippen molar-refractivity contribution in [3.05, 3.63) is 17.5 Å². The van der Waals surface area contributed by atoms with E-state index in [0.29, 0.717) is 22.9 Å². The number of hydrogen-bond acceptors (Lipinski definition) is 5. The summed E-state index contributed by atoms with van der Waals surface area (Å²) >= 11 is 1.40. The monoisotopic (exact) mass is 322 g/mol. The quantitative estimate of drug-likeness (QED) is 0.641. The largest absolute Gasteiger partial charge is 0.355 e. The van der Waals surface area contributed by atoms with Gasteiger partial charge in [0.1, 0.15) is 0 Å². The summed E-state index contributed by atoms with van der Waals surface area (Å²) in [5.74, 6) is 1.02. The molecule has 1 amide bonds. The first-order valence-electron chi connectivity index (χ1n) is 7.90. The molecular formula is C16H26N4OS. The molecule has 2 rings (SSSR count). The van der Waals surface area contributed by atoms with Crippen LogP contribution in [0.2, 0.25) is 0 Å². The summed E-state index contributed by atoms with van der Waals surface area (Å²) in [7, 11) is 0. The van der Waals surface area contributed by atoms with Crippen LogP contribution in [0.25, 0.3) is 0 Å². The number of carbonyl (C=O) groups is 1. The standard InChI is InChI=1S/C16H26N4OS/c1-11(2)20-6-5-14(9-20)8-17-15(21)10-22-16-18-12(3)7-13(4)19-16/h7,11,14H,5-6,8-10H2,1-4H3,(H,17,21)/t14-/m1/s1. The Morgan fingerprint density at radius 3 is 2.68 bits per heavy atom. The summed E-state index contributed by atoms with van der Waals surface area (Å²) in [6, 6.07) is 2.53. The van der Waals surface area contributed by atoms with Gasteiger partial charge in [0.2, 0.25) is 5.91 Å².